The Balaban J connectivity index is 2.94. The first-order valence-corrected chi connectivity index (χ1v) is 5.62. The van der Waals surface area contributed by atoms with E-state index in [1.54, 1.807) is 20.8 Å². The molecule has 0 bridgehead atoms. The first-order chi connectivity index (χ1) is 8.73. The topological polar surface area (TPSA) is 123 Å². The monoisotopic (exact) mass is 268 g/mol. The van der Waals surface area contributed by atoms with E-state index in [9.17, 15) is 14.4 Å². The third-order valence-corrected chi connectivity index (χ3v) is 2.80. The summed E-state index contributed by atoms with van der Waals surface area (Å²) in [5.74, 6) is -1.73. The fourth-order valence-electron chi connectivity index (χ4n) is 1.76. The maximum Gasteiger partial charge on any atom is 0.326 e. The van der Waals surface area contributed by atoms with Crippen molar-refractivity contribution < 1.29 is 23.9 Å². The lowest BCUT2D eigenvalue weighted by atomic mass is 10.1. The molecule has 0 aliphatic rings. The molecule has 1 aromatic heterocycles. The largest absolute Gasteiger partial charge is 0.480 e. The van der Waals surface area contributed by atoms with Gasteiger partial charge in [0.05, 0.1) is 12.0 Å². The van der Waals surface area contributed by atoms with Gasteiger partial charge in [-0.2, -0.15) is 0 Å². The van der Waals surface area contributed by atoms with Crippen LogP contribution in [0.15, 0.2) is 4.42 Å². The lowest BCUT2D eigenvalue weighted by molar-refractivity contribution is -0.140. The second-order valence-electron chi connectivity index (χ2n) is 4.25. The SMILES string of the molecule is Cc1oc(C)c(C(=O)N[C@@H](CC(N)=O)C(=O)O)c1C. The summed E-state index contributed by atoms with van der Waals surface area (Å²) in [6.07, 6.45) is -0.462. The van der Waals surface area contributed by atoms with Crippen LogP contribution in [0.4, 0.5) is 0 Å². The highest BCUT2D eigenvalue weighted by Crippen LogP contribution is 2.20. The van der Waals surface area contributed by atoms with Crippen LogP contribution in [0.1, 0.15) is 33.9 Å². The van der Waals surface area contributed by atoms with Crippen molar-refractivity contribution in [2.75, 3.05) is 0 Å². The van der Waals surface area contributed by atoms with Crippen molar-refractivity contribution in [3.05, 3.63) is 22.6 Å². The number of amides is 2. The lowest BCUT2D eigenvalue weighted by Crippen LogP contribution is -2.43. The average Bonchev–Trinajstić information content (AvgIpc) is 2.51. The zero-order valence-electron chi connectivity index (χ0n) is 10.9. The Morgan fingerprint density at radius 3 is 2.21 bits per heavy atom. The Labute approximate surface area is 109 Å². The van der Waals surface area contributed by atoms with E-state index in [4.69, 9.17) is 15.3 Å². The minimum Gasteiger partial charge on any atom is -0.480 e. The van der Waals surface area contributed by atoms with Crippen LogP contribution in [-0.2, 0) is 9.59 Å². The maximum absolute atomic E-state index is 12.0. The zero-order valence-corrected chi connectivity index (χ0v) is 10.9. The number of carbonyl (C=O) groups is 3. The number of furan rings is 1. The van der Waals surface area contributed by atoms with E-state index in [1.165, 1.54) is 0 Å². The van der Waals surface area contributed by atoms with Gasteiger partial charge in [-0.25, -0.2) is 4.79 Å². The number of hydrogen-bond donors (Lipinski definition) is 3. The van der Waals surface area contributed by atoms with E-state index >= 15 is 0 Å². The highest BCUT2D eigenvalue weighted by Gasteiger charge is 2.26. The molecule has 19 heavy (non-hydrogen) atoms. The van der Waals surface area contributed by atoms with Gasteiger partial charge in [-0.1, -0.05) is 0 Å². The fourth-order valence-corrected chi connectivity index (χ4v) is 1.76. The third-order valence-electron chi connectivity index (χ3n) is 2.80. The van der Waals surface area contributed by atoms with E-state index in [2.05, 4.69) is 5.32 Å². The van der Waals surface area contributed by atoms with Gasteiger partial charge in [0, 0.05) is 5.56 Å². The van der Waals surface area contributed by atoms with Gasteiger partial charge < -0.3 is 20.6 Å². The lowest BCUT2D eigenvalue weighted by Gasteiger charge is -2.12. The second-order valence-corrected chi connectivity index (χ2v) is 4.25. The second kappa shape index (κ2) is 5.55. The van der Waals surface area contributed by atoms with Gasteiger partial charge >= 0.3 is 5.97 Å². The fraction of sp³-hybridized carbons (Fsp3) is 0.417. The molecule has 0 aliphatic carbocycles. The Morgan fingerprint density at radius 2 is 1.84 bits per heavy atom. The first-order valence-electron chi connectivity index (χ1n) is 5.62. The van der Waals surface area contributed by atoms with Crippen LogP contribution in [0, 0.1) is 20.8 Å². The van der Waals surface area contributed by atoms with Crippen molar-refractivity contribution in [2.24, 2.45) is 5.73 Å². The van der Waals surface area contributed by atoms with Gasteiger partial charge in [0.2, 0.25) is 5.91 Å². The highest BCUT2D eigenvalue weighted by atomic mass is 16.4. The molecule has 0 aromatic carbocycles. The Hall–Kier alpha value is -2.31. The van der Waals surface area contributed by atoms with Crippen LogP contribution in [-0.4, -0.2) is 28.9 Å². The van der Waals surface area contributed by atoms with E-state index in [0.29, 0.717) is 17.1 Å². The summed E-state index contributed by atoms with van der Waals surface area (Å²) in [6, 6.07) is -1.35. The molecule has 0 fully saturated rings. The van der Waals surface area contributed by atoms with Crippen molar-refractivity contribution in [3.8, 4) is 0 Å². The predicted octanol–water partition coefficient (Wildman–Crippen LogP) is 0.263. The average molecular weight is 268 g/mol. The molecule has 4 N–H and O–H groups in total. The number of hydrogen-bond acceptors (Lipinski definition) is 4. The summed E-state index contributed by atoms with van der Waals surface area (Å²) in [6.45, 7) is 5.01. The van der Waals surface area contributed by atoms with Crippen LogP contribution in [0.25, 0.3) is 0 Å². The number of carbonyl (C=O) groups excluding carboxylic acids is 2. The van der Waals surface area contributed by atoms with Crippen molar-refractivity contribution in [2.45, 2.75) is 33.2 Å². The number of aryl methyl sites for hydroxylation is 2. The summed E-state index contributed by atoms with van der Waals surface area (Å²) < 4.78 is 5.29. The van der Waals surface area contributed by atoms with Crippen molar-refractivity contribution >= 4 is 17.8 Å². The highest BCUT2D eigenvalue weighted by molar-refractivity contribution is 5.99. The van der Waals surface area contributed by atoms with Gasteiger partial charge in [-0.3, -0.25) is 9.59 Å². The minimum atomic E-state index is -1.35. The molecule has 0 unspecified atom stereocenters. The van der Waals surface area contributed by atoms with Crippen LogP contribution < -0.4 is 11.1 Å². The number of rotatable bonds is 5. The molecule has 0 saturated heterocycles. The zero-order chi connectivity index (χ0) is 14.7. The summed E-state index contributed by atoms with van der Waals surface area (Å²) in [5, 5.41) is 11.2. The third kappa shape index (κ3) is 3.34. The number of aliphatic carboxylic acids is 1. The Bertz CT molecular complexity index is 532. The molecule has 1 atom stereocenters. The quantitative estimate of drug-likeness (QED) is 0.707. The van der Waals surface area contributed by atoms with Gasteiger partial charge in [0.25, 0.3) is 5.91 Å². The van der Waals surface area contributed by atoms with Gasteiger partial charge in [-0.15, -0.1) is 0 Å². The molecule has 2 amide bonds. The van der Waals surface area contributed by atoms with E-state index in [1.807, 2.05) is 0 Å². The smallest absolute Gasteiger partial charge is 0.326 e. The van der Waals surface area contributed by atoms with E-state index < -0.39 is 30.2 Å². The van der Waals surface area contributed by atoms with Gasteiger partial charge in [-0.05, 0) is 20.8 Å². The van der Waals surface area contributed by atoms with Crippen LogP contribution >= 0.6 is 0 Å². The standard InChI is InChI=1S/C12H16N2O5/c1-5-6(2)19-7(3)10(5)11(16)14-8(12(17)18)4-9(13)15/h8H,4H2,1-3H3,(H2,13,15)(H,14,16)(H,17,18)/t8-/m0/s1. The molecule has 7 heteroatoms. The molecule has 0 aliphatic heterocycles. The van der Waals surface area contributed by atoms with Crippen LogP contribution in [0.2, 0.25) is 0 Å². The predicted molar refractivity (Wildman–Crippen MR) is 65.6 cm³/mol. The minimum absolute atomic E-state index is 0.285. The van der Waals surface area contributed by atoms with Crippen LogP contribution in [0.5, 0.6) is 0 Å². The molecule has 1 rings (SSSR count). The van der Waals surface area contributed by atoms with Crippen molar-refractivity contribution in [1.82, 2.24) is 5.32 Å². The number of nitrogens with two attached hydrogens (primary N) is 1. The normalized spacial score (nSPS) is 11.9. The summed E-state index contributed by atoms with van der Waals surface area (Å²) in [5.41, 5.74) is 5.86. The molecule has 7 nitrogen and oxygen atoms in total. The summed E-state index contributed by atoms with van der Waals surface area (Å²) in [7, 11) is 0. The number of primary amides is 1. The molecule has 0 spiro atoms. The Kier molecular flexibility index (Phi) is 4.31. The molecular formula is C12H16N2O5. The molecule has 104 valence electrons. The van der Waals surface area contributed by atoms with E-state index in [0.717, 1.165) is 0 Å². The molecule has 1 aromatic rings. The summed E-state index contributed by atoms with van der Waals surface area (Å²) >= 11 is 0. The van der Waals surface area contributed by atoms with Crippen molar-refractivity contribution in [1.29, 1.82) is 0 Å². The molecule has 0 saturated carbocycles. The Morgan fingerprint density at radius 1 is 1.26 bits per heavy atom. The maximum atomic E-state index is 12.0. The number of carboxylic acids is 1. The molecule has 0 radical (unpaired) electrons. The van der Waals surface area contributed by atoms with Crippen molar-refractivity contribution in [3.63, 3.8) is 0 Å². The van der Waals surface area contributed by atoms with Gasteiger partial charge in [0.1, 0.15) is 17.6 Å². The van der Waals surface area contributed by atoms with Gasteiger partial charge in [0.15, 0.2) is 0 Å². The first kappa shape index (κ1) is 14.7. The summed E-state index contributed by atoms with van der Waals surface area (Å²) in [4.78, 5) is 33.7. The van der Waals surface area contributed by atoms with E-state index in [-0.39, 0.29) is 5.56 Å². The number of carboxylic acid groups (broad SMARTS) is 1. The number of nitrogens with one attached hydrogen (secondary N) is 1. The van der Waals surface area contributed by atoms with Crippen LogP contribution in [0.3, 0.4) is 0 Å². The molecular weight excluding hydrogens is 252 g/mol. The molecule has 1 heterocycles.